The van der Waals surface area contributed by atoms with E-state index in [4.69, 9.17) is 10.4 Å². The Bertz CT molecular complexity index is 830. The number of piperidine rings is 1. The fourth-order valence-electron chi connectivity index (χ4n) is 2.84. The molecule has 1 fully saturated rings. The van der Waals surface area contributed by atoms with E-state index < -0.39 is 44.1 Å². The summed E-state index contributed by atoms with van der Waals surface area (Å²) >= 11 is 0. The van der Waals surface area contributed by atoms with E-state index in [1.807, 2.05) is 0 Å². The minimum atomic E-state index is -4.88. The van der Waals surface area contributed by atoms with Gasteiger partial charge >= 0.3 is 12.1 Å². The summed E-state index contributed by atoms with van der Waals surface area (Å²) in [5.74, 6) is -2.31. The van der Waals surface area contributed by atoms with Crippen molar-refractivity contribution in [3.05, 3.63) is 29.3 Å². The second-order valence-electron chi connectivity index (χ2n) is 6.02. The number of alkyl halides is 3. The monoisotopic (exact) mass is 376 g/mol. The predicted molar refractivity (Wildman–Crippen MR) is 79.8 cm³/mol. The van der Waals surface area contributed by atoms with Crippen LogP contribution >= 0.6 is 0 Å². The average molecular weight is 376 g/mol. The van der Waals surface area contributed by atoms with Gasteiger partial charge < -0.3 is 5.11 Å². The maximum Gasteiger partial charge on any atom is 0.417 e. The Kier molecular flexibility index (Phi) is 5.11. The van der Waals surface area contributed by atoms with Gasteiger partial charge in [0.25, 0.3) is 0 Å². The molecule has 1 heterocycles. The first kappa shape index (κ1) is 19.2. The Morgan fingerprint density at radius 2 is 2.00 bits per heavy atom. The molecule has 1 aromatic rings. The van der Waals surface area contributed by atoms with Gasteiger partial charge in [0.05, 0.1) is 28.0 Å². The topological polar surface area (TPSA) is 98.5 Å². The standard InChI is InChI=1S/C15H15F3N2O4S/c1-9-4-11(14(21)22)8-20(7-9)25(23,24)12-3-2-10(6-19)13(5-12)15(16,17)18/h2-3,5,9,11H,4,7-8H2,1H3,(H,21,22). The van der Waals surface area contributed by atoms with Crippen LogP contribution in [0.3, 0.4) is 0 Å². The highest BCUT2D eigenvalue weighted by Crippen LogP contribution is 2.35. The largest absolute Gasteiger partial charge is 0.481 e. The zero-order valence-corrected chi connectivity index (χ0v) is 13.9. The second kappa shape index (κ2) is 6.65. The summed E-state index contributed by atoms with van der Waals surface area (Å²) < 4.78 is 65.3. The number of hydrogen-bond donors (Lipinski definition) is 1. The van der Waals surface area contributed by atoms with Crippen LogP contribution in [0.1, 0.15) is 24.5 Å². The minimum absolute atomic E-state index is 0.0213. The third-order valence-corrected chi connectivity index (χ3v) is 5.86. The molecule has 0 spiro atoms. The molecule has 0 aliphatic carbocycles. The number of hydrogen-bond acceptors (Lipinski definition) is 4. The van der Waals surface area contributed by atoms with Crippen molar-refractivity contribution >= 4 is 16.0 Å². The lowest BCUT2D eigenvalue weighted by Crippen LogP contribution is -2.45. The summed E-state index contributed by atoms with van der Waals surface area (Å²) in [5.41, 5.74) is -2.02. The molecule has 0 bridgehead atoms. The molecule has 6 nitrogen and oxygen atoms in total. The number of nitriles is 1. The lowest BCUT2D eigenvalue weighted by molar-refractivity contribution is -0.143. The molecule has 1 aliphatic rings. The average Bonchev–Trinajstić information content (AvgIpc) is 2.52. The van der Waals surface area contributed by atoms with E-state index >= 15 is 0 Å². The van der Waals surface area contributed by atoms with Gasteiger partial charge in [-0.3, -0.25) is 4.79 Å². The highest BCUT2D eigenvalue weighted by atomic mass is 32.2. The van der Waals surface area contributed by atoms with Gasteiger partial charge in [0, 0.05) is 13.1 Å². The number of rotatable bonds is 3. The normalized spacial score (nSPS) is 22.4. The zero-order chi connectivity index (χ0) is 19.0. The van der Waals surface area contributed by atoms with Crippen molar-refractivity contribution in [1.29, 1.82) is 5.26 Å². The molecular formula is C15H15F3N2O4S. The molecule has 0 saturated carbocycles. The lowest BCUT2D eigenvalue weighted by atomic mass is 9.92. The Balaban J connectivity index is 2.46. The van der Waals surface area contributed by atoms with Crippen molar-refractivity contribution in [3.8, 4) is 6.07 Å². The van der Waals surface area contributed by atoms with Gasteiger partial charge in [0.15, 0.2) is 0 Å². The summed E-state index contributed by atoms with van der Waals surface area (Å²) in [5, 5.41) is 17.9. The fourth-order valence-corrected chi connectivity index (χ4v) is 4.47. The molecule has 1 aromatic carbocycles. The number of carboxylic acid groups (broad SMARTS) is 1. The molecule has 0 radical (unpaired) electrons. The van der Waals surface area contributed by atoms with Gasteiger partial charge in [-0.25, -0.2) is 8.42 Å². The number of benzene rings is 1. The maximum absolute atomic E-state index is 13.0. The quantitative estimate of drug-likeness (QED) is 0.873. The molecule has 1 N–H and O–H groups in total. The first-order valence-corrected chi connectivity index (χ1v) is 8.75. The van der Waals surface area contributed by atoms with Gasteiger partial charge in [0.1, 0.15) is 0 Å². The van der Waals surface area contributed by atoms with Crippen molar-refractivity contribution in [1.82, 2.24) is 4.31 Å². The minimum Gasteiger partial charge on any atom is -0.481 e. The summed E-state index contributed by atoms with van der Waals surface area (Å²) in [7, 11) is -4.31. The second-order valence-corrected chi connectivity index (χ2v) is 7.95. The first-order chi connectivity index (χ1) is 11.5. The number of sulfonamides is 1. The first-order valence-electron chi connectivity index (χ1n) is 7.31. The van der Waals surface area contributed by atoms with Crippen LogP contribution in [0.2, 0.25) is 0 Å². The van der Waals surface area contributed by atoms with Crippen LogP contribution in [0.25, 0.3) is 0 Å². The Morgan fingerprint density at radius 3 is 2.52 bits per heavy atom. The van der Waals surface area contributed by atoms with Crippen molar-refractivity contribution in [2.45, 2.75) is 24.4 Å². The van der Waals surface area contributed by atoms with E-state index in [9.17, 15) is 26.4 Å². The van der Waals surface area contributed by atoms with E-state index in [1.54, 1.807) is 6.92 Å². The van der Waals surface area contributed by atoms with Gasteiger partial charge in [-0.05, 0) is 30.5 Å². The summed E-state index contributed by atoms with van der Waals surface area (Å²) in [6.45, 7) is 1.40. The van der Waals surface area contributed by atoms with Crippen LogP contribution < -0.4 is 0 Å². The molecule has 136 valence electrons. The van der Waals surface area contributed by atoms with Gasteiger partial charge in [0.2, 0.25) is 10.0 Å². The fraction of sp³-hybridized carbons (Fsp3) is 0.467. The Labute approximate surface area is 142 Å². The van der Waals surface area contributed by atoms with Gasteiger partial charge in [-0.1, -0.05) is 6.92 Å². The van der Waals surface area contributed by atoms with Crippen LogP contribution in [-0.4, -0.2) is 36.9 Å². The van der Waals surface area contributed by atoms with E-state index in [1.165, 1.54) is 6.07 Å². The number of nitrogens with zero attached hydrogens (tertiary/aromatic N) is 2. The third kappa shape index (κ3) is 3.93. The van der Waals surface area contributed by atoms with Crippen LogP contribution in [0.5, 0.6) is 0 Å². The van der Waals surface area contributed by atoms with Gasteiger partial charge in [-0.15, -0.1) is 0 Å². The van der Waals surface area contributed by atoms with Crippen molar-refractivity contribution < 1.29 is 31.5 Å². The molecule has 2 unspecified atom stereocenters. The predicted octanol–water partition coefficient (Wildman–Crippen LogP) is 2.31. The summed E-state index contributed by atoms with van der Waals surface area (Å²) in [6, 6.07) is 3.53. The third-order valence-electron chi connectivity index (χ3n) is 4.03. The lowest BCUT2D eigenvalue weighted by Gasteiger charge is -2.33. The molecule has 2 rings (SSSR count). The summed E-state index contributed by atoms with van der Waals surface area (Å²) in [4.78, 5) is 10.6. The van der Waals surface area contributed by atoms with E-state index in [-0.39, 0.29) is 19.0 Å². The molecular weight excluding hydrogens is 361 g/mol. The maximum atomic E-state index is 13.0. The number of halogens is 3. The van der Waals surface area contributed by atoms with Crippen LogP contribution in [0.15, 0.2) is 23.1 Å². The highest BCUT2D eigenvalue weighted by Gasteiger charge is 2.39. The van der Waals surface area contributed by atoms with Crippen LogP contribution in [-0.2, 0) is 21.0 Å². The van der Waals surface area contributed by atoms with Crippen molar-refractivity contribution in [3.63, 3.8) is 0 Å². The number of aliphatic carboxylic acids is 1. The van der Waals surface area contributed by atoms with E-state index in [2.05, 4.69) is 0 Å². The molecule has 1 aliphatic heterocycles. The number of carbonyl (C=O) groups is 1. The van der Waals surface area contributed by atoms with E-state index in [0.717, 1.165) is 16.4 Å². The van der Waals surface area contributed by atoms with Crippen molar-refractivity contribution in [2.75, 3.05) is 13.1 Å². The highest BCUT2D eigenvalue weighted by molar-refractivity contribution is 7.89. The Morgan fingerprint density at radius 1 is 1.36 bits per heavy atom. The smallest absolute Gasteiger partial charge is 0.417 e. The molecule has 0 amide bonds. The zero-order valence-electron chi connectivity index (χ0n) is 13.1. The molecule has 10 heteroatoms. The summed E-state index contributed by atoms with van der Waals surface area (Å²) in [6.07, 6.45) is -4.59. The van der Waals surface area contributed by atoms with Crippen molar-refractivity contribution in [2.24, 2.45) is 11.8 Å². The molecule has 2 atom stereocenters. The van der Waals surface area contributed by atoms with E-state index in [0.29, 0.717) is 12.5 Å². The SMILES string of the molecule is CC1CC(C(=O)O)CN(S(=O)(=O)c2ccc(C#N)c(C(F)(F)F)c2)C1. The van der Waals surface area contributed by atoms with Gasteiger partial charge in [-0.2, -0.15) is 22.7 Å². The Hall–Kier alpha value is -2.12. The molecule has 0 aromatic heterocycles. The molecule has 25 heavy (non-hydrogen) atoms. The van der Waals surface area contributed by atoms with Crippen LogP contribution in [0.4, 0.5) is 13.2 Å². The molecule has 1 saturated heterocycles. The van der Waals surface area contributed by atoms with Crippen LogP contribution in [0, 0.1) is 23.2 Å². The number of carboxylic acids is 1.